The summed E-state index contributed by atoms with van der Waals surface area (Å²) < 4.78 is 36.3. The zero-order chi connectivity index (χ0) is 24.8. The fraction of sp³-hybridized carbons (Fsp3) is 0.692. The highest BCUT2D eigenvalue weighted by Gasteiger charge is 2.34. The van der Waals surface area contributed by atoms with Gasteiger partial charge in [0.15, 0.2) is 0 Å². The lowest BCUT2D eigenvalue weighted by Crippen LogP contribution is -2.43. The summed E-state index contributed by atoms with van der Waals surface area (Å²) >= 11 is 0. The number of sulfonamides is 1. The first-order valence-electron chi connectivity index (χ1n) is 13.0. The SMILES string of the molecule is CC(C)(C)c1nc2cc(S(=O)(=O)N3CCC(C(=O)NC4CC4)CC3)ccc2n1CC1CCOCC1. The lowest BCUT2D eigenvalue weighted by molar-refractivity contribution is -0.126. The van der Waals surface area contributed by atoms with Crippen LogP contribution in [0, 0.1) is 11.8 Å². The van der Waals surface area contributed by atoms with Crippen LogP contribution in [0.1, 0.15) is 65.1 Å². The smallest absolute Gasteiger partial charge is 0.243 e. The number of nitrogens with one attached hydrogen (secondary N) is 1. The topological polar surface area (TPSA) is 93.5 Å². The highest BCUT2D eigenvalue weighted by molar-refractivity contribution is 7.89. The van der Waals surface area contributed by atoms with E-state index >= 15 is 0 Å². The van der Waals surface area contributed by atoms with Crippen molar-refractivity contribution in [2.45, 2.75) is 82.2 Å². The van der Waals surface area contributed by atoms with Gasteiger partial charge in [0.2, 0.25) is 15.9 Å². The van der Waals surface area contributed by atoms with Crippen molar-refractivity contribution < 1.29 is 17.9 Å². The molecule has 1 amide bonds. The number of rotatable bonds is 6. The van der Waals surface area contributed by atoms with Gasteiger partial charge in [-0.15, -0.1) is 0 Å². The van der Waals surface area contributed by atoms with Crippen molar-refractivity contribution in [1.82, 2.24) is 19.2 Å². The van der Waals surface area contributed by atoms with Crippen molar-refractivity contribution in [2.24, 2.45) is 11.8 Å². The van der Waals surface area contributed by atoms with E-state index in [0.29, 0.717) is 37.9 Å². The van der Waals surface area contributed by atoms with Gasteiger partial charge in [-0.25, -0.2) is 13.4 Å². The summed E-state index contributed by atoms with van der Waals surface area (Å²) in [6.07, 6.45) is 5.31. The molecule has 3 fully saturated rings. The Kier molecular flexibility index (Phi) is 6.70. The Bertz CT molecular complexity index is 1180. The Morgan fingerprint density at radius 3 is 2.40 bits per heavy atom. The van der Waals surface area contributed by atoms with E-state index in [1.165, 1.54) is 4.31 Å². The summed E-state index contributed by atoms with van der Waals surface area (Å²) in [7, 11) is -3.64. The Hall–Kier alpha value is -1.97. The van der Waals surface area contributed by atoms with Gasteiger partial charge in [0.05, 0.1) is 15.9 Å². The van der Waals surface area contributed by atoms with E-state index in [0.717, 1.165) is 62.3 Å². The zero-order valence-corrected chi connectivity index (χ0v) is 21.9. The van der Waals surface area contributed by atoms with E-state index in [1.807, 2.05) is 6.07 Å². The molecule has 3 aliphatic rings. The summed E-state index contributed by atoms with van der Waals surface area (Å²) in [4.78, 5) is 17.6. The third-order valence-electron chi connectivity index (χ3n) is 7.56. The molecule has 1 aliphatic carbocycles. The Balaban J connectivity index is 1.37. The van der Waals surface area contributed by atoms with Crippen molar-refractivity contribution in [3.8, 4) is 0 Å². The lowest BCUT2D eigenvalue weighted by atomic mass is 9.94. The maximum Gasteiger partial charge on any atom is 0.243 e. The fourth-order valence-corrected chi connectivity index (χ4v) is 6.76. The number of fused-ring (bicyclic) bond motifs is 1. The summed E-state index contributed by atoms with van der Waals surface area (Å²) in [6, 6.07) is 5.70. The van der Waals surface area contributed by atoms with Gasteiger partial charge >= 0.3 is 0 Å². The predicted octanol–water partition coefficient (Wildman–Crippen LogP) is 3.44. The molecular weight excluding hydrogens is 464 g/mol. The van der Waals surface area contributed by atoms with Gasteiger partial charge in [0.25, 0.3) is 0 Å². The first kappa shape index (κ1) is 24.7. The molecule has 3 heterocycles. The highest BCUT2D eigenvalue weighted by Crippen LogP contribution is 2.32. The van der Waals surface area contributed by atoms with Crippen molar-refractivity contribution in [3.63, 3.8) is 0 Å². The number of carbonyl (C=O) groups excluding carboxylic acids is 1. The van der Waals surface area contributed by atoms with Crippen LogP contribution in [0.5, 0.6) is 0 Å². The lowest BCUT2D eigenvalue weighted by Gasteiger charge is -2.30. The van der Waals surface area contributed by atoms with E-state index in [4.69, 9.17) is 9.72 Å². The van der Waals surface area contributed by atoms with Crippen LogP contribution in [0.25, 0.3) is 11.0 Å². The number of amides is 1. The van der Waals surface area contributed by atoms with E-state index in [1.54, 1.807) is 12.1 Å². The van der Waals surface area contributed by atoms with Gasteiger partial charge in [0, 0.05) is 50.2 Å². The molecule has 35 heavy (non-hydrogen) atoms. The summed E-state index contributed by atoms with van der Waals surface area (Å²) in [5, 5.41) is 3.05. The first-order valence-corrected chi connectivity index (χ1v) is 14.5. The minimum atomic E-state index is -3.64. The van der Waals surface area contributed by atoms with Gasteiger partial charge in [-0.3, -0.25) is 4.79 Å². The van der Waals surface area contributed by atoms with Gasteiger partial charge < -0.3 is 14.6 Å². The number of aromatic nitrogens is 2. The van der Waals surface area contributed by atoms with Crippen molar-refractivity contribution in [3.05, 3.63) is 24.0 Å². The van der Waals surface area contributed by atoms with Gasteiger partial charge in [-0.2, -0.15) is 4.31 Å². The summed E-state index contributed by atoms with van der Waals surface area (Å²) in [5.41, 5.74) is 1.55. The molecule has 8 nitrogen and oxygen atoms in total. The number of hydrogen-bond donors (Lipinski definition) is 1. The average molecular weight is 503 g/mol. The minimum absolute atomic E-state index is 0.0794. The van der Waals surface area contributed by atoms with Crippen LogP contribution in [-0.4, -0.2) is 60.5 Å². The first-order chi connectivity index (χ1) is 16.6. The number of piperidine rings is 1. The molecule has 0 unspecified atom stereocenters. The van der Waals surface area contributed by atoms with E-state index in [2.05, 4.69) is 30.7 Å². The quantitative estimate of drug-likeness (QED) is 0.653. The summed E-state index contributed by atoms with van der Waals surface area (Å²) in [6.45, 7) is 9.65. The van der Waals surface area contributed by atoms with E-state index < -0.39 is 10.0 Å². The third kappa shape index (κ3) is 5.27. The maximum atomic E-state index is 13.5. The van der Waals surface area contributed by atoms with Crippen LogP contribution in [0.4, 0.5) is 0 Å². The standard InChI is InChI=1S/C26H38N4O4S/c1-26(2,3)25-28-22-16-21(6-7-23(22)30(25)17-18-10-14-34-15-11-18)35(32,33)29-12-8-19(9-13-29)24(31)27-20-4-5-20/h6-7,16,18-20H,4-5,8-15,17H2,1-3H3,(H,27,31). The number of benzene rings is 1. The largest absolute Gasteiger partial charge is 0.381 e. The zero-order valence-electron chi connectivity index (χ0n) is 21.1. The Morgan fingerprint density at radius 1 is 1.09 bits per heavy atom. The van der Waals surface area contributed by atoms with Crippen LogP contribution >= 0.6 is 0 Å². The number of imidazole rings is 1. The van der Waals surface area contributed by atoms with Crippen LogP contribution in [0.15, 0.2) is 23.1 Å². The molecule has 2 aromatic rings. The molecule has 2 saturated heterocycles. The Morgan fingerprint density at radius 2 is 1.77 bits per heavy atom. The van der Waals surface area contributed by atoms with E-state index in [9.17, 15) is 13.2 Å². The van der Waals surface area contributed by atoms with Gasteiger partial charge in [0.1, 0.15) is 5.82 Å². The number of hydrogen-bond acceptors (Lipinski definition) is 5. The molecule has 5 rings (SSSR count). The Labute approximate surface area is 208 Å². The van der Waals surface area contributed by atoms with Gasteiger partial charge in [-0.1, -0.05) is 20.8 Å². The fourth-order valence-electron chi connectivity index (χ4n) is 5.27. The number of nitrogens with zero attached hydrogens (tertiary/aromatic N) is 3. The molecule has 2 aliphatic heterocycles. The molecule has 1 N–H and O–H groups in total. The molecule has 0 spiro atoms. The molecule has 192 valence electrons. The van der Waals surface area contributed by atoms with Gasteiger partial charge in [-0.05, 0) is 62.6 Å². The molecule has 9 heteroatoms. The second-order valence-electron chi connectivity index (χ2n) is 11.5. The predicted molar refractivity (Wildman–Crippen MR) is 135 cm³/mol. The third-order valence-corrected chi connectivity index (χ3v) is 9.45. The van der Waals surface area contributed by atoms with Crippen LogP contribution in [0.3, 0.4) is 0 Å². The van der Waals surface area contributed by atoms with Crippen molar-refractivity contribution in [2.75, 3.05) is 26.3 Å². The average Bonchev–Trinajstić information content (AvgIpc) is 3.57. The number of ether oxygens (including phenoxy) is 1. The van der Waals surface area contributed by atoms with Crippen LogP contribution in [-0.2, 0) is 31.5 Å². The normalized spacial score (nSPS) is 21.5. The molecule has 0 radical (unpaired) electrons. The maximum absolute atomic E-state index is 13.5. The second kappa shape index (κ2) is 9.48. The van der Waals surface area contributed by atoms with Crippen LogP contribution in [0.2, 0.25) is 0 Å². The van der Waals surface area contributed by atoms with E-state index in [-0.39, 0.29) is 22.1 Å². The molecule has 1 aromatic carbocycles. The monoisotopic (exact) mass is 502 g/mol. The molecular formula is C26H38N4O4S. The molecule has 1 aromatic heterocycles. The summed E-state index contributed by atoms with van der Waals surface area (Å²) in [5.74, 6) is 1.50. The van der Waals surface area contributed by atoms with Crippen molar-refractivity contribution in [1.29, 1.82) is 0 Å². The van der Waals surface area contributed by atoms with Crippen molar-refractivity contribution >= 4 is 27.0 Å². The molecule has 1 saturated carbocycles. The van der Waals surface area contributed by atoms with Crippen LogP contribution < -0.4 is 5.32 Å². The number of carbonyl (C=O) groups is 1. The second-order valence-corrected chi connectivity index (χ2v) is 13.4. The highest BCUT2D eigenvalue weighted by atomic mass is 32.2. The molecule has 0 atom stereocenters. The molecule has 0 bridgehead atoms. The minimum Gasteiger partial charge on any atom is -0.381 e.